The Labute approximate surface area is 289 Å². The topological polar surface area (TPSA) is 366 Å². The van der Waals surface area contributed by atoms with Crippen LogP contribution in [0.15, 0.2) is 0 Å². The second kappa shape index (κ2) is 18.0. The fourth-order valence-electron chi connectivity index (χ4n) is 6.24. The van der Waals surface area contributed by atoms with Crippen molar-refractivity contribution in [2.45, 2.75) is 137 Å². The summed E-state index contributed by atoms with van der Waals surface area (Å²) in [5.41, 5.74) is 0. The highest BCUT2D eigenvalue weighted by atomic mass is 16.8. The highest BCUT2D eigenvalue weighted by Crippen LogP contribution is 2.32. The van der Waals surface area contributed by atoms with Crippen LogP contribution in [0.3, 0.4) is 0 Å². The Kier molecular flexibility index (Phi) is 14.8. The van der Waals surface area contributed by atoms with Gasteiger partial charge >= 0.3 is 0 Å². The molecule has 20 atom stereocenters. The molecule has 4 aliphatic heterocycles. The minimum absolute atomic E-state index is 0.674. The van der Waals surface area contributed by atoms with Crippen LogP contribution >= 0.6 is 0 Å². The van der Waals surface area contributed by atoms with E-state index in [1.54, 1.807) is 0 Å². The van der Waals surface area contributed by atoms with E-state index in [0.717, 1.165) is 13.8 Å². The lowest BCUT2D eigenvalue weighted by molar-refractivity contribution is -0.360. The molecule has 0 unspecified atom stereocenters. The van der Waals surface area contributed by atoms with Crippen molar-refractivity contribution in [2.75, 3.05) is 26.4 Å². The molecule has 0 aromatic heterocycles. The molecule has 0 bridgehead atoms. The zero-order chi connectivity index (χ0) is 37.9. The first-order valence-corrected chi connectivity index (χ1v) is 16.1. The van der Waals surface area contributed by atoms with Crippen LogP contribution in [0.2, 0.25) is 0 Å². The summed E-state index contributed by atoms with van der Waals surface area (Å²) in [6.45, 7) is -0.928. The fourth-order valence-corrected chi connectivity index (χ4v) is 6.24. The molecule has 4 saturated heterocycles. The van der Waals surface area contributed by atoms with Crippen LogP contribution in [0.4, 0.5) is 0 Å². The number of hydrogen-bond donors (Lipinski definition) is 14. The second-order valence-electron chi connectivity index (χ2n) is 12.7. The van der Waals surface area contributed by atoms with Crippen molar-refractivity contribution < 1.29 is 104 Å². The van der Waals surface area contributed by atoms with E-state index in [0.29, 0.717) is 0 Å². The SMILES string of the molecule is CC(=O)N[C@H]1[C@H](OC[C@H]2O[C@H](O)[C@@H](O[C@@H]3O[C@H](CO)[C@@H](O)[C@H](O)[C@H]3NC(C)=O)[C@@H](O)[C@@H]2O)O[C@H](CO)[C@@H](O[C@@H]2O[C@H](CO)[C@H](O)[C@H](O)[C@H]2O)[C@@H]1O. The minimum atomic E-state index is -2.03. The van der Waals surface area contributed by atoms with Gasteiger partial charge in [0.1, 0.15) is 97.5 Å². The molecule has 23 nitrogen and oxygen atoms in total. The Bertz CT molecular complexity index is 1140. The average Bonchev–Trinajstić information content (AvgIpc) is 3.08. The van der Waals surface area contributed by atoms with E-state index in [1.807, 2.05) is 0 Å². The summed E-state index contributed by atoms with van der Waals surface area (Å²) in [6.07, 6.45) is -30.6. The summed E-state index contributed by atoms with van der Waals surface area (Å²) in [5.74, 6) is -1.37. The van der Waals surface area contributed by atoms with Crippen LogP contribution in [0, 0.1) is 0 Å². The zero-order valence-corrected chi connectivity index (χ0v) is 27.4. The van der Waals surface area contributed by atoms with Crippen molar-refractivity contribution in [2.24, 2.45) is 0 Å². The smallest absolute Gasteiger partial charge is 0.217 e. The van der Waals surface area contributed by atoms with Gasteiger partial charge in [-0.3, -0.25) is 9.59 Å². The maximum Gasteiger partial charge on any atom is 0.217 e. The molecule has 0 aliphatic carbocycles. The normalized spacial score (nSPS) is 47.8. The molecule has 23 heteroatoms. The Morgan fingerprint density at radius 3 is 1.53 bits per heavy atom. The quantitative estimate of drug-likeness (QED) is 0.0881. The minimum Gasteiger partial charge on any atom is -0.394 e. The van der Waals surface area contributed by atoms with Gasteiger partial charge in [-0.05, 0) is 0 Å². The monoisotopic (exact) mass is 748 g/mol. The predicted octanol–water partition coefficient (Wildman–Crippen LogP) is -9.46. The van der Waals surface area contributed by atoms with Crippen LogP contribution in [0.1, 0.15) is 13.8 Å². The molecule has 0 aromatic rings. The fraction of sp³-hybridized carbons (Fsp3) is 0.929. The summed E-state index contributed by atoms with van der Waals surface area (Å²) >= 11 is 0. The van der Waals surface area contributed by atoms with E-state index in [2.05, 4.69) is 10.6 Å². The van der Waals surface area contributed by atoms with Gasteiger partial charge in [-0.1, -0.05) is 0 Å². The third-order valence-corrected chi connectivity index (χ3v) is 8.99. The number of hydrogen-bond acceptors (Lipinski definition) is 21. The molecule has 0 saturated carbocycles. The summed E-state index contributed by atoms with van der Waals surface area (Å²) in [6, 6.07) is -2.94. The molecule has 51 heavy (non-hydrogen) atoms. The zero-order valence-electron chi connectivity index (χ0n) is 27.4. The van der Waals surface area contributed by atoms with Crippen LogP contribution < -0.4 is 10.6 Å². The van der Waals surface area contributed by atoms with Gasteiger partial charge in [-0.2, -0.15) is 0 Å². The molecule has 4 heterocycles. The largest absolute Gasteiger partial charge is 0.394 e. The molecule has 4 rings (SSSR count). The molecular weight excluding hydrogens is 700 g/mol. The van der Waals surface area contributed by atoms with Gasteiger partial charge in [0.15, 0.2) is 25.2 Å². The lowest BCUT2D eigenvalue weighted by Gasteiger charge is -2.48. The maximum atomic E-state index is 12.1. The van der Waals surface area contributed by atoms with Gasteiger partial charge in [0.05, 0.1) is 26.4 Å². The van der Waals surface area contributed by atoms with Crippen molar-refractivity contribution in [1.29, 1.82) is 0 Å². The molecule has 2 amide bonds. The molecule has 0 aromatic carbocycles. The van der Waals surface area contributed by atoms with Crippen molar-refractivity contribution in [1.82, 2.24) is 10.6 Å². The summed E-state index contributed by atoms with van der Waals surface area (Å²) < 4.78 is 38.8. The lowest BCUT2D eigenvalue weighted by atomic mass is 9.95. The van der Waals surface area contributed by atoms with Crippen molar-refractivity contribution in [3.63, 3.8) is 0 Å². The van der Waals surface area contributed by atoms with Crippen LogP contribution in [0.25, 0.3) is 0 Å². The highest BCUT2D eigenvalue weighted by Gasteiger charge is 2.54. The summed E-state index contributed by atoms with van der Waals surface area (Å²) in [4.78, 5) is 23.8. The third kappa shape index (κ3) is 9.29. The maximum absolute atomic E-state index is 12.1. The Morgan fingerprint density at radius 2 is 0.980 bits per heavy atom. The Balaban J connectivity index is 1.43. The second-order valence-corrected chi connectivity index (χ2v) is 12.7. The first-order chi connectivity index (χ1) is 24.0. The first kappa shape index (κ1) is 41.9. The predicted molar refractivity (Wildman–Crippen MR) is 157 cm³/mol. The van der Waals surface area contributed by atoms with E-state index >= 15 is 0 Å². The molecule has 0 spiro atoms. The van der Waals surface area contributed by atoms with E-state index in [9.17, 15) is 70.9 Å². The average molecular weight is 749 g/mol. The van der Waals surface area contributed by atoms with Crippen molar-refractivity contribution in [3.05, 3.63) is 0 Å². The first-order valence-electron chi connectivity index (χ1n) is 16.1. The summed E-state index contributed by atoms with van der Waals surface area (Å²) in [7, 11) is 0. The standard InChI is InChI=1S/C28H48N2O21/c1-7(34)29-13-18(39)15(36)9(3-31)47-27(13)51-24-21(42)17(38)12(46-25(24)44)6-45-26-14(30-8(2)35)19(40)23(11(5-33)49-26)50-28-22(43)20(41)16(37)10(4-32)48-28/h9-28,31-33,36-44H,3-6H2,1-2H3,(H,29,34)(H,30,35)/t9-,10-,11-,12-,13-,14-,15-,16+,17-,18-,19-,20+,21+,22-,23-,24+,25+,26-,27+,28+/m1/s1. The summed E-state index contributed by atoms with van der Waals surface area (Å²) in [5, 5.41) is 129. The van der Waals surface area contributed by atoms with Gasteiger partial charge in [0, 0.05) is 13.8 Å². The van der Waals surface area contributed by atoms with Crippen molar-refractivity contribution >= 4 is 11.8 Å². The number of ether oxygens (including phenoxy) is 7. The van der Waals surface area contributed by atoms with Gasteiger partial charge in [0.25, 0.3) is 0 Å². The van der Waals surface area contributed by atoms with E-state index < -0.39 is 161 Å². The lowest BCUT2D eigenvalue weighted by Crippen LogP contribution is -2.68. The number of aliphatic hydroxyl groups excluding tert-OH is 12. The van der Waals surface area contributed by atoms with Crippen LogP contribution in [0.5, 0.6) is 0 Å². The van der Waals surface area contributed by atoms with Crippen LogP contribution in [-0.4, -0.2) is 222 Å². The molecule has 296 valence electrons. The molecule has 0 radical (unpaired) electrons. The van der Waals surface area contributed by atoms with E-state index in [-0.39, 0.29) is 0 Å². The Morgan fingerprint density at radius 1 is 0.510 bits per heavy atom. The van der Waals surface area contributed by atoms with E-state index in [4.69, 9.17) is 33.2 Å². The van der Waals surface area contributed by atoms with Gasteiger partial charge in [-0.25, -0.2) is 0 Å². The Hall–Kier alpha value is -1.82. The van der Waals surface area contributed by atoms with E-state index in [1.165, 1.54) is 0 Å². The van der Waals surface area contributed by atoms with Gasteiger partial charge in [-0.15, -0.1) is 0 Å². The number of carbonyl (C=O) groups is 2. The number of amides is 2. The van der Waals surface area contributed by atoms with Gasteiger partial charge in [0.2, 0.25) is 11.8 Å². The number of carbonyl (C=O) groups excluding carboxylic acids is 2. The number of nitrogens with one attached hydrogen (secondary N) is 2. The highest BCUT2D eigenvalue weighted by molar-refractivity contribution is 5.73. The number of aliphatic hydroxyl groups is 12. The van der Waals surface area contributed by atoms with Crippen LogP contribution in [-0.2, 0) is 42.7 Å². The molecule has 14 N–H and O–H groups in total. The molecule has 4 aliphatic rings. The number of rotatable bonds is 12. The third-order valence-electron chi connectivity index (χ3n) is 8.99. The van der Waals surface area contributed by atoms with Crippen molar-refractivity contribution in [3.8, 4) is 0 Å². The molecule has 4 fully saturated rings. The van der Waals surface area contributed by atoms with Gasteiger partial charge < -0.3 is 105 Å². The molecular formula is C28H48N2O21.